The van der Waals surface area contributed by atoms with E-state index in [0.717, 1.165) is 23.1 Å². The minimum atomic E-state index is -0.446. The molecule has 174 valence electrons. The fraction of sp³-hybridized carbons (Fsp3) is 0.500. The molecule has 0 aliphatic rings. The van der Waals surface area contributed by atoms with Crippen molar-refractivity contribution >= 4 is 23.7 Å². The highest BCUT2D eigenvalue weighted by molar-refractivity contribution is 5.93. The molecule has 6 heteroatoms. The number of aromatic nitrogens is 2. The summed E-state index contributed by atoms with van der Waals surface area (Å²) < 4.78 is 2.59. The van der Waals surface area contributed by atoms with Crippen molar-refractivity contribution in [3.05, 3.63) is 61.8 Å². The summed E-state index contributed by atoms with van der Waals surface area (Å²) in [5, 5.41) is 9.26. The molecule has 0 saturated carbocycles. The van der Waals surface area contributed by atoms with E-state index in [9.17, 15) is 14.7 Å². The minimum absolute atomic E-state index is 0.0940. The van der Waals surface area contributed by atoms with Crippen LogP contribution in [0.2, 0.25) is 0 Å². The zero-order valence-corrected chi connectivity index (χ0v) is 20.3. The Labute approximate surface area is 191 Å². The smallest absolute Gasteiger partial charge is 0.332 e. The molecule has 2 aromatic rings. The normalized spacial score (nSPS) is 12.4. The van der Waals surface area contributed by atoms with Crippen LogP contribution in [0.1, 0.15) is 76.5 Å². The lowest BCUT2D eigenvalue weighted by Crippen LogP contribution is -2.41. The fourth-order valence-corrected chi connectivity index (χ4v) is 4.07. The number of rotatable bonds is 10. The molecule has 1 N–H and O–H groups in total. The Balaban J connectivity index is 2.95. The molecule has 1 heterocycles. The SMILES string of the molecule is C=Nc1c(/C(CCC(C)C)=C(\C)c2ccccc2C(C)C)c(=O)n(CCCO)c(=O)n1C. The minimum Gasteiger partial charge on any atom is -0.396 e. The van der Waals surface area contributed by atoms with Crippen molar-refractivity contribution in [1.82, 2.24) is 9.13 Å². The van der Waals surface area contributed by atoms with Crippen LogP contribution in [-0.2, 0) is 13.6 Å². The van der Waals surface area contributed by atoms with Crippen molar-refractivity contribution < 1.29 is 5.11 Å². The van der Waals surface area contributed by atoms with Crippen LogP contribution in [0.25, 0.3) is 11.1 Å². The Kier molecular flexibility index (Phi) is 8.96. The van der Waals surface area contributed by atoms with E-state index in [4.69, 9.17) is 0 Å². The molecule has 0 atom stereocenters. The van der Waals surface area contributed by atoms with Crippen LogP contribution >= 0.6 is 0 Å². The molecule has 0 bridgehead atoms. The summed E-state index contributed by atoms with van der Waals surface area (Å²) in [5.74, 6) is 1.06. The van der Waals surface area contributed by atoms with E-state index in [1.165, 1.54) is 14.7 Å². The lowest BCUT2D eigenvalue weighted by atomic mass is 9.86. The molecule has 1 aromatic heterocycles. The molecule has 32 heavy (non-hydrogen) atoms. The van der Waals surface area contributed by atoms with Crippen molar-refractivity contribution in [2.75, 3.05) is 6.61 Å². The van der Waals surface area contributed by atoms with Gasteiger partial charge < -0.3 is 5.11 Å². The van der Waals surface area contributed by atoms with Crippen LogP contribution in [0.4, 0.5) is 5.82 Å². The van der Waals surface area contributed by atoms with Gasteiger partial charge in [-0.15, -0.1) is 0 Å². The van der Waals surface area contributed by atoms with Gasteiger partial charge in [0.2, 0.25) is 0 Å². The first-order valence-electron chi connectivity index (χ1n) is 11.4. The maximum absolute atomic E-state index is 13.6. The van der Waals surface area contributed by atoms with Crippen LogP contribution in [0.3, 0.4) is 0 Å². The average Bonchev–Trinajstić information content (AvgIpc) is 2.76. The molecule has 0 aliphatic heterocycles. The van der Waals surface area contributed by atoms with E-state index in [0.29, 0.717) is 36.1 Å². The van der Waals surface area contributed by atoms with Gasteiger partial charge >= 0.3 is 5.69 Å². The van der Waals surface area contributed by atoms with E-state index in [-0.39, 0.29) is 18.7 Å². The number of aliphatic imine (C=N–C) groups is 1. The summed E-state index contributed by atoms with van der Waals surface area (Å²) >= 11 is 0. The maximum atomic E-state index is 13.6. The van der Waals surface area contributed by atoms with Gasteiger partial charge in [0.05, 0.1) is 5.56 Å². The summed E-state index contributed by atoms with van der Waals surface area (Å²) in [7, 11) is 1.61. The number of aliphatic hydroxyl groups excluding tert-OH is 1. The molecular formula is C26H37N3O3. The van der Waals surface area contributed by atoms with Gasteiger partial charge in [0.1, 0.15) is 5.82 Å². The fourth-order valence-electron chi connectivity index (χ4n) is 4.07. The third-order valence-electron chi connectivity index (χ3n) is 5.92. The second kappa shape index (κ2) is 11.2. The highest BCUT2D eigenvalue weighted by Gasteiger charge is 2.23. The Morgan fingerprint density at radius 2 is 1.81 bits per heavy atom. The van der Waals surface area contributed by atoms with Gasteiger partial charge in [-0.2, -0.15) is 0 Å². The van der Waals surface area contributed by atoms with Crippen molar-refractivity contribution in [2.45, 2.75) is 66.3 Å². The second-order valence-electron chi connectivity index (χ2n) is 9.01. The van der Waals surface area contributed by atoms with Gasteiger partial charge in [-0.3, -0.25) is 13.9 Å². The standard InChI is InChI=1S/C26H37N3O3/c1-17(2)13-14-22(19(5)21-12-9-8-11-20(21)18(3)4)23-24(27-6)28(7)26(32)29(25(23)31)15-10-16-30/h8-9,11-12,17-18,30H,6,10,13-16H2,1-5,7H3/b22-19+. The van der Waals surface area contributed by atoms with Crippen LogP contribution in [0.5, 0.6) is 0 Å². The molecule has 0 amide bonds. The summed E-state index contributed by atoms with van der Waals surface area (Å²) in [6.07, 6.45) is 1.91. The van der Waals surface area contributed by atoms with Crippen LogP contribution in [0.15, 0.2) is 38.8 Å². The molecule has 0 unspecified atom stereocenters. The lowest BCUT2D eigenvalue weighted by molar-refractivity contribution is 0.277. The molecule has 1 aromatic carbocycles. The number of benzene rings is 1. The Morgan fingerprint density at radius 3 is 2.38 bits per heavy atom. The molecule has 0 spiro atoms. The van der Waals surface area contributed by atoms with E-state index in [1.54, 1.807) is 7.05 Å². The molecule has 6 nitrogen and oxygen atoms in total. The Bertz CT molecular complexity index is 1100. The van der Waals surface area contributed by atoms with E-state index in [2.05, 4.69) is 51.5 Å². The third-order valence-corrected chi connectivity index (χ3v) is 5.92. The first kappa shape index (κ1) is 25.5. The van der Waals surface area contributed by atoms with E-state index < -0.39 is 5.69 Å². The van der Waals surface area contributed by atoms with Gasteiger partial charge in [0, 0.05) is 20.2 Å². The van der Waals surface area contributed by atoms with Gasteiger partial charge in [-0.1, -0.05) is 52.0 Å². The number of hydrogen-bond donors (Lipinski definition) is 1. The summed E-state index contributed by atoms with van der Waals surface area (Å²) in [5.41, 5.74) is 3.84. The number of allylic oxidation sites excluding steroid dienone is 2. The first-order chi connectivity index (χ1) is 15.1. The van der Waals surface area contributed by atoms with Gasteiger partial charge in [0.25, 0.3) is 5.56 Å². The van der Waals surface area contributed by atoms with Crippen molar-refractivity contribution in [1.29, 1.82) is 0 Å². The Hall–Kier alpha value is -2.73. The van der Waals surface area contributed by atoms with E-state index in [1.807, 2.05) is 19.1 Å². The lowest BCUT2D eigenvalue weighted by Gasteiger charge is -2.21. The summed E-state index contributed by atoms with van der Waals surface area (Å²) in [6, 6.07) is 8.26. The predicted molar refractivity (Wildman–Crippen MR) is 134 cm³/mol. The van der Waals surface area contributed by atoms with Gasteiger partial charge in [-0.05, 0) is 67.0 Å². The number of hydrogen-bond acceptors (Lipinski definition) is 4. The van der Waals surface area contributed by atoms with E-state index >= 15 is 0 Å². The summed E-state index contributed by atoms with van der Waals surface area (Å²) in [4.78, 5) is 30.6. The third kappa shape index (κ3) is 5.36. The number of aliphatic hydroxyl groups is 1. The monoisotopic (exact) mass is 439 g/mol. The van der Waals surface area contributed by atoms with Gasteiger partial charge in [-0.25, -0.2) is 9.79 Å². The quantitative estimate of drug-likeness (QED) is 0.543. The van der Waals surface area contributed by atoms with Crippen molar-refractivity contribution in [3.8, 4) is 0 Å². The molecule has 0 saturated heterocycles. The second-order valence-corrected chi connectivity index (χ2v) is 9.01. The van der Waals surface area contributed by atoms with Crippen molar-refractivity contribution in [2.24, 2.45) is 18.0 Å². The van der Waals surface area contributed by atoms with Crippen LogP contribution in [-0.4, -0.2) is 27.6 Å². The first-order valence-corrected chi connectivity index (χ1v) is 11.4. The zero-order valence-electron chi connectivity index (χ0n) is 20.3. The largest absolute Gasteiger partial charge is 0.396 e. The predicted octanol–water partition coefficient (Wildman–Crippen LogP) is 4.75. The number of nitrogens with zero attached hydrogens (tertiary/aromatic N) is 3. The Morgan fingerprint density at radius 1 is 1.16 bits per heavy atom. The topological polar surface area (TPSA) is 76.6 Å². The van der Waals surface area contributed by atoms with Crippen LogP contribution < -0.4 is 11.2 Å². The molecule has 0 fully saturated rings. The molecule has 0 aliphatic carbocycles. The average molecular weight is 440 g/mol. The molecule has 2 rings (SSSR count). The van der Waals surface area contributed by atoms with Crippen molar-refractivity contribution in [3.63, 3.8) is 0 Å². The van der Waals surface area contributed by atoms with Gasteiger partial charge in [0.15, 0.2) is 0 Å². The van der Waals surface area contributed by atoms with Crippen LogP contribution in [0, 0.1) is 5.92 Å². The highest BCUT2D eigenvalue weighted by Crippen LogP contribution is 2.36. The molecular weight excluding hydrogens is 402 g/mol. The summed E-state index contributed by atoms with van der Waals surface area (Å²) in [6.45, 7) is 14.4. The highest BCUT2D eigenvalue weighted by atomic mass is 16.3. The zero-order chi connectivity index (χ0) is 24.0. The maximum Gasteiger partial charge on any atom is 0.332 e. The molecule has 0 radical (unpaired) electrons.